The Hall–Kier alpha value is -2.34. The van der Waals surface area contributed by atoms with Crippen molar-refractivity contribution in [3.63, 3.8) is 0 Å². The topological polar surface area (TPSA) is 80.7 Å². The van der Waals surface area contributed by atoms with Crippen molar-refractivity contribution in [2.75, 3.05) is 6.26 Å². The second kappa shape index (κ2) is 5.57. The Balaban J connectivity index is 2.40. The first kappa shape index (κ1) is 15.1. The maximum atomic E-state index is 11.7. The van der Waals surface area contributed by atoms with Gasteiger partial charge in [0, 0.05) is 6.26 Å². The quantitative estimate of drug-likeness (QED) is 0.939. The number of carboxylic acid groups (broad SMARTS) is 1. The summed E-state index contributed by atoms with van der Waals surface area (Å²) in [6, 6.07) is 10.8. The number of sulfone groups is 1. The van der Waals surface area contributed by atoms with Crippen LogP contribution in [-0.4, -0.2) is 25.7 Å². The van der Waals surface area contributed by atoms with Crippen LogP contribution in [0.5, 0.6) is 11.5 Å². The molecule has 0 heterocycles. The van der Waals surface area contributed by atoms with E-state index in [4.69, 9.17) is 9.84 Å². The van der Waals surface area contributed by atoms with Crippen LogP contribution < -0.4 is 4.74 Å². The van der Waals surface area contributed by atoms with Crippen LogP contribution in [0, 0.1) is 6.92 Å². The fraction of sp³-hybridized carbons (Fsp3) is 0.133. The zero-order valence-electron chi connectivity index (χ0n) is 11.5. The van der Waals surface area contributed by atoms with E-state index in [-0.39, 0.29) is 16.2 Å². The number of aryl methyl sites for hydroxylation is 1. The van der Waals surface area contributed by atoms with Gasteiger partial charge in [0.15, 0.2) is 9.84 Å². The number of carboxylic acids is 1. The number of ether oxygens (including phenoxy) is 1. The molecule has 1 N–H and O–H groups in total. The molecule has 0 atom stereocenters. The van der Waals surface area contributed by atoms with E-state index in [1.54, 1.807) is 31.2 Å². The van der Waals surface area contributed by atoms with Crippen molar-refractivity contribution < 1.29 is 23.1 Å². The first-order valence-corrected chi connectivity index (χ1v) is 7.99. The first-order chi connectivity index (χ1) is 9.79. The van der Waals surface area contributed by atoms with Crippen molar-refractivity contribution in [1.82, 2.24) is 0 Å². The van der Waals surface area contributed by atoms with Gasteiger partial charge in [-0.3, -0.25) is 0 Å². The average molecular weight is 306 g/mol. The first-order valence-electron chi connectivity index (χ1n) is 6.10. The lowest BCUT2D eigenvalue weighted by Gasteiger charge is -2.11. The van der Waals surface area contributed by atoms with Crippen molar-refractivity contribution in [2.24, 2.45) is 0 Å². The Morgan fingerprint density at radius 3 is 2.38 bits per heavy atom. The van der Waals surface area contributed by atoms with E-state index in [1.165, 1.54) is 18.2 Å². The van der Waals surface area contributed by atoms with Gasteiger partial charge in [-0.25, -0.2) is 13.2 Å². The van der Waals surface area contributed by atoms with Gasteiger partial charge in [-0.15, -0.1) is 0 Å². The summed E-state index contributed by atoms with van der Waals surface area (Å²) < 4.78 is 29.0. The van der Waals surface area contributed by atoms with Crippen molar-refractivity contribution >= 4 is 15.8 Å². The molecular formula is C15H14O5S. The molecule has 0 fully saturated rings. The fourth-order valence-corrected chi connectivity index (χ4v) is 2.71. The maximum absolute atomic E-state index is 11.7. The molecular weight excluding hydrogens is 292 g/mol. The summed E-state index contributed by atoms with van der Waals surface area (Å²) in [5, 5.41) is 8.98. The second-order valence-corrected chi connectivity index (χ2v) is 6.59. The highest BCUT2D eigenvalue weighted by Gasteiger charge is 2.15. The molecule has 110 valence electrons. The molecule has 6 heteroatoms. The number of rotatable bonds is 4. The number of benzene rings is 2. The summed E-state index contributed by atoms with van der Waals surface area (Å²) in [4.78, 5) is 11.0. The molecule has 0 spiro atoms. The SMILES string of the molecule is Cc1cc(Oc2ccccc2S(C)(=O)=O)ccc1C(=O)O. The highest BCUT2D eigenvalue weighted by Crippen LogP contribution is 2.29. The molecule has 5 nitrogen and oxygen atoms in total. The van der Waals surface area contributed by atoms with Crippen LogP contribution in [0.25, 0.3) is 0 Å². The normalized spacial score (nSPS) is 11.1. The Morgan fingerprint density at radius 1 is 1.14 bits per heavy atom. The number of carbonyl (C=O) groups is 1. The smallest absolute Gasteiger partial charge is 0.335 e. The van der Waals surface area contributed by atoms with Gasteiger partial charge in [0.25, 0.3) is 0 Å². The summed E-state index contributed by atoms with van der Waals surface area (Å²) in [5.41, 5.74) is 0.718. The monoisotopic (exact) mass is 306 g/mol. The molecule has 2 rings (SSSR count). The lowest BCUT2D eigenvalue weighted by Crippen LogP contribution is -2.01. The third-order valence-electron chi connectivity index (χ3n) is 2.90. The molecule has 0 unspecified atom stereocenters. The summed E-state index contributed by atoms with van der Waals surface area (Å²) >= 11 is 0. The van der Waals surface area contributed by atoms with Gasteiger partial charge in [0.05, 0.1) is 5.56 Å². The molecule has 0 aliphatic rings. The van der Waals surface area contributed by atoms with E-state index < -0.39 is 15.8 Å². The van der Waals surface area contributed by atoms with E-state index in [9.17, 15) is 13.2 Å². The lowest BCUT2D eigenvalue weighted by molar-refractivity contribution is 0.0696. The molecule has 0 aliphatic heterocycles. The van der Waals surface area contributed by atoms with E-state index in [0.717, 1.165) is 6.26 Å². The van der Waals surface area contributed by atoms with Crippen molar-refractivity contribution in [2.45, 2.75) is 11.8 Å². The molecule has 2 aromatic carbocycles. The lowest BCUT2D eigenvalue weighted by atomic mass is 10.1. The van der Waals surface area contributed by atoms with Crippen molar-refractivity contribution in [3.8, 4) is 11.5 Å². The Labute approximate surface area is 122 Å². The van der Waals surface area contributed by atoms with Gasteiger partial charge in [0.2, 0.25) is 0 Å². The second-order valence-electron chi connectivity index (χ2n) is 4.60. The van der Waals surface area contributed by atoms with E-state index >= 15 is 0 Å². The molecule has 0 saturated carbocycles. The molecule has 2 aromatic rings. The maximum Gasteiger partial charge on any atom is 0.335 e. The standard InChI is InChI=1S/C15H14O5S/c1-10-9-11(7-8-12(10)15(16)17)20-13-5-3-4-6-14(13)21(2,18)19/h3-9H,1-2H3,(H,16,17). The third-order valence-corrected chi connectivity index (χ3v) is 4.04. The summed E-state index contributed by atoms with van der Waals surface area (Å²) in [6.07, 6.45) is 1.11. The minimum absolute atomic E-state index is 0.0879. The van der Waals surface area contributed by atoms with E-state index in [0.29, 0.717) is 11.3 Å². The Bertz CT molecular complexity index is 793. The van der Waals surface area contributed by atoms with Crippen molar-refractivity contribution in [3.05, 3.63) is 53.6 Å². The number of hydrogen-bond acceptors (Lipinski definition) is 4. The molecule has 0 radical (unpaired) electrons. The number of hydrogen-bond donors (Lipinski definition) is 1. The highest BCUT2D eigenvalue weighted by molar-refractivity contribution is 7.90. The molecule has 0 amide bonds. The van der Waals surface area contributed by atoms with Crippen LogP contribution in [0.15, 0.2) is 47.4 Å². The van der Waals surface area contributed by atoms with Crippen LogP contribution in [-0.2, 0) is 9.84 Å². The van der Waals surface area contributed by atoms with E-state index in [1.807, 2.05) is 0 Å². The number of para-hydroxylation sites is 1. The molecule has 0 saturated heterocycles. The predicted molar refractivity (Wildman–Crippen MR) is 77.8 cm³/mol. The molecule has 0 bridgehead atoms. The fourth-order valence-electron chi connectivity index (χ4n) is 1.91. The van der Waals surface area contributed by atoms with Crippen LogP contribution in [0.4, 0.5) is 0 Å². The number of aromatic carboxylic acids is 1. The average Bonchev–Trinajstić information content (AvgIpc) is 2.37. The summed E-state index contributed by atoms with van der Waals surface area (Å²) in [7, 11) is -3.40. The van der Waals surface area contributed by atoms with Gasteiger partial charge in [-0.05, 0) is 42.8 Å². The van der Waals surface area contributed by atoms with Gasteiger partial charge < -0.3 is 9.84 Å². The van der Waals surface area contributed by atoms with E-state index in [2.05, 4.69) is 0 Å². The summed E-state index contributed by atoms with van der Waals surface area (Å²) in [5.74, 6) is -0.424. The minimum Gasteiger partial charge on any atom is -0.478 e. The van der Waals surface area contributed by atoms with Gasteiger partial charge >= 0.3 is 5.97 Å². The molecule has 0 aliphatic carbocycles. The van der Waals surface area contributed by atoms with Gasteiger partial charge in [-0.2, -0.15) is 0 Å². The zero-order chi connectivity index (χ0) is 15.6. The minimum atomic E-state index is -3.40. The van der Waals surface area contributed by atoms with Crippen LogP contribution >= 0.6 is 0 Å². The molecule has 21 heavy (non-hydrogen) atoms. The van der Waals surface area contributed by atoms with Crippen molar-refractivity contribution in [1.29, 1.82) is 0 Å². The third kappa shape index (κ3) is 3.41. The summed E-state index contributed by atoms with van der Waals surface area (Å²) in [6.45, 7) is 1.65. The largest absolute Gasteiger partial charge is 0.478 e. The van der Waals surface area contributed by atoms with Crippen LogP contribution in [0.2, 0.25) is 0 Å². The highest BCUT2D eigenvalue weighted by atomic mass is 32.2. The van der Waals surface area contributed by atoms with Gasteiger partial charge in [0.1, 0.15) is 16.4 Å². The molecule has 0 aromatic heterocycles. The predicted octanol–water partition coefficient (Wildman–Crippen LogP) is 2.89. The van der Waals surface area contributed by atoms with Gasteiger partial charge in [-0.1, -0.05) is 12.1 Å². The van der Waals surface area contributed by atoms with Crippen LogP contribution in [0.3, 0.4) is 0 Å². The Morgan fingerprint density at radius 2 is 1.81 bits per heavy atom. The Kier molecular flexibility index (Phi) is 3.99. The zero-order valence-corrected chi connectivity index (χ0v) is 12.3. The van der Waals surface area contributed by atoms with Crippen LogP contribution in [0.1, 0.15) is 15.9 Å².